The second kappa shape index (κ2) is 5.13. The maximum Gasteiger partial charge on any atom is 0.137 e. The summed E-state index contributed by atoms with van der Waals surface area (Å²) in [5.74, 6) is 0.580. The maximum atomic E-state index is 10.4. The monoisotopic (exact) mass is 310 g/mol. The highest BCUT2D eigenvalue weighted by atomic mass is 35.5. The molecule has 0 fully saturated rings. The van der Waals surface area contributed by atoms with Crippen LogP contribution in [0.1, 0.15) is 16.5 Å². The van der Waals surface area contributed by atoms with Crippen LogP contribution >= 0.6 is 34.3 Å². The highest BCUT2D eigenvalue weighted by Gasteiger charge is 2.16. The Kier molecular flexibility index (Phi) is 3.50. The van der Waals surface area contributed by atoms with E-state index in [1.165, 1.54) is 9.40 Å². The molecule has 0 saturated carbocycles. The highest BCUT2D eigenvalue weighted by Crippen LogP contribution is 2.37. The van der Waals surface area contributed by atoms with Crippen molar-refractivity contribution in [3.05, 3.63) is 51.2 Å². The average Bonchev–Trinajstić information content (AvgIpc) is 2.99. The van der Waals surface area contributed by atoms with E-state index in [2.05, 4.69) is 11.4 Å². The van der Waals surface area contributed by atoms with Gasteiger partial charge in [0.15, 0.2) is 0 Å². The van der Waals surface area contributed by atoms with Gasteiger partial charge in [0.1, 0.15) is 11.9 Å². The number of aliphatic hydroxyl groups is 1. The molecule has 98 valence electrons. The van der Waals surface area contributed by atoms with Gasteiger partial charge in [0.25, 0.3) is 0 Å². The quantitative estimate of drug-likeness (QED) is 0.759. The summed E-state index contributed by atoms with van der Waals surface area (Å²) < 4.78 is 7.59. The number of aliphatic hydroxyl groups excluding tert-OH is 1. The van der Waals surface area contributed by atoms with Gasteiger partial charge in [-0.1, -0.05) is 17.7 Å². The Bertz CT molecular complexity index is 689. The molecule has 0 radical (unpaired) electrons. The van der Waals surface area contributed by atoms with Crippen LogP contribution < -0.4 is 4.74 Å². The van der Waals surface area contributed by atoms with E-state index >= 15 is 0 Å². The lowest BCUT2D eigenvalue weighted by Crippen LogP contribution is -1.97. The second-order valence-corrected chi connectivity index (χ2v) is 6.56. The number of rotatable bonds is 3. The molecule has 0 amide bonds. The van der Waals surface area contributed by atoms with Crippen molar-refractivity contribution in [2.45, 2.75) is 6.10 Å². The lowest BCUT2D eigenvalue weighted by Gasteiger charge is -2.11. The van der Waals surface area contributed by atoms with Gasteiger partial charge < -0.3 is 9.84 Å². The number of ether oxygens (including phenoxy) is 1. The molecule has 1 aromatic carbocycles. The fourth-order valence-electron chi connectivity index (χ4n) is 1.93. The maximum absolute atomic E-state index is 10.4. The molecule has 0 spiro atoms. The molecule has 0 bridgehead atoms. The Labute approximate surface area is 123 Å². The van der Waals surface area contributed by atoms with Crippen LogP contribution in [0.15, 0.2) is 35.7 Å². The normalized spacial score (nSPS) is 12.8. The molecular weight excluding hydrogens is 300 g/mol. The summed E-state index contributed by atoms with van der Waals surface area (Å²) >= 11 is 9.29. The lowest BCUT2D eigenvalue weighted by atomic mass is 10.1. The van der Waals surface area contributed by atoms with Crippen molar-refractivity contribution in [3.63, 3.8) is 0 Å². The number of fused-ring (bicyclic) bond motifs is 1. The minimum Gasteiger partial charge on any atom is -0.495 e. The number of thiophene rings is 2. The third-order valence-corrected chi connectivity index (χ3v) is 5.38. The lowest BCUT2D eigenvalue weighted by molar-refractivity contribution is 0.223. The molecule has 0 aliphatic carbocycles. The van der Waals surface area contributed by atoms with Gasteiger partial charge in [0.2, 0.25) is 0 Å². The van der Waals surface area contributed by atoms with Crippen molar-refractivity contribution in [3.8, 4) is 5.75 Å². The van der Waals surface area contributed by atoms with Gasteiger partial charge in [0.05, 0.1) is 12.1 Å². The van der Waals surface area contributed by atoms with Crippen molar-refractivity contribution >= 4 is 43.7 Å². The summed E-state index contributed by atoms with van der Waals surface area (Å²) in [7, 11) is 1.57. The van der Waals surface area contributed by atoms with Gasteiger partial charge in [-0.3, -0.25) is 0 Å². The third kappa shape index (κ3) is 2.37. The van der Waals surface area contributed by atoms with Crippen LogP contribution in [0.3, 0.4) is 0 Å². The van der Waals surface area contributed by atoms with Crippen LogP contribution in [0.5, 0.6) is 5.75 Å². The Balaban J connectivity index is 1.99. The van der Waals surface area contributed by atoms with E-state index in [4.69, 9.17) is 16.3 Å². The van der Waals surface area contributed by atoms with Gasteiger partial charge in [-0.2, -0.15) is 0 Å². The first-order valence-corrected chi connectivity index (χ1v) is 7.75. The Morgan fingerprint density at radius 1 is 1.21 bits per heavy atom. The summed E-state index contributed by atoms with van der Waals surface area (Å²) in [6.07, 6.45) is -0.643. The molecule has 2 aromatic heterocycles. The summed E-state index contributed by atoms with van der Waals surface area (Å²) in [6, 6.07) is 9.46. The molecule has 1 N–H and O–H groups in total. The number of methoxy groups -OCH3 is 1. The van der Waals surface area contributed by atoms with Gasteiger partial charge in [0, 0.05) is 14.3 Å². The van der Waals surface area contributed by atoms with Crippen LogP contribution in [0.25, 0.3) is 9.40 Å². The predicted molar refractivity (Wildman–Crippen MR) is 81.8 cm³/mol. The zero-order valence-corrected chi connectivity index (χ0v) is 12.5. The molecule has 3 aromatic rings. The van der Waals surface area contributed by atoms with E-state index in [-0.39, 0.29) is 0 Å². The van der Waals surface area contributed by atoms with Crippen LogP contribution in [-0.2, 0) is 0 Å². The fourth-order valence-corrected chi connectivity index (χ4v) is 4.26. The first kappa shape index (κ1) is 12.9. The number of benzene rings is 1. The van der Waals surface area contributed by atoms with Crippen LogP contribution in [0.2, 0.25) is 5.02 Å². The van der Waals surface area contributed by atoms with Crippen LogP contribution in [0.4, 0.5) is 0 Å². The molecule has 0 aliphatic rings. The van der Waals surface area contributed by atoms with E-state index in [0.29, 0.717) is 10.8 Å². The van der Waals surface area contributed by atoms with E-state index < -0.39 is 6.10 Å². The van der Waals surface area contributed by atoms with Crippen molar-refractivity contribution in [2.75, 3.05) is 7.11 Å². The minimum absolute atomic E-state index is 0.547. The first-order chi connectivity index (χ1) is 9.19. The van der Waals surface area contributed by atoms with E-state index in [9.17, 15) is 5.11 Å². The second-order valence-electron chi connectivity index (χ2n) is 4.09. The molecule has 3 rings (SSSR count). The van der Waals surface area contributed by atoms with Gasteiger partial charge in [-0.05, 0) is 35.2 Å². The molecule has 1 unspecified atom stereocenters. The average molecular weight is 311 g/mol. The topological polar surface area (TPSA) is 29.5 Å². The van der Waals surface area contributed by atoms with Gasteiger partial charge in [-0.25, -0.2) is 0 Å². The molecule has 5 heteroatoms. The largest absolute Gasteiger partial charge is 0.495 e. The third-order valence-electron chi connectivity index (χ3n) is 2.92. The van der Waals surface area contributed by atoms with E-state index in [0.717, 1.165) is 10.4 Å². The summed E-state index contributed by atoms with van der Waals surface area (Å²) in [5, 5.41) is 13.0. The van der Waals surface area contributed by atoms with E-state index in [1.54, 1.807) is 41.9 Å². The van der Waals surface area contributed by atoms with Crippen molar-refractivity contribution in [1.82, 2.24) is 0 Å². The predicted octanol–water partition coefficient (Wildman–Crippen LogP) is 4.71. The van der Waals surface area contributed by atoms with Crippen molar-refractivity contribution in [1.29, 1.82) is 0 Å². The highest BCUT2D eigenvalue weighted by molar-refractivity contribution is 7.26. The molecule has 19 heavy (non-hydrogen) atoms. The van der Waals surface area contributed by atoms with E-state index in [1.807, 2.05) is 12.1 Å². The first-order valence-electron chi connectivity index (χ1n) is 5.67. The van der Waals surface area contributed by atoms with Gasteiger partial charge >= 0.3 is 0 Å². The van der Waals surface area contributed by atoms with Gasteiger partial charge in [-0.15, -0.1) is 22.7 Å². The van der Waals surface area contributed by atoms with Crippen LogP contribution in [0, 0.1) is 0 Å². The minimum atomic E-state index is -0.643. The SMILES string of the molecule is COc1cc(C(O)c2cc3sccc3s2)ccc1Cl. The molecule has 1 atom stereocenters. The van der Waals surface area contributed by atoms with Crippen LogP contribution in [-0.4, -0.2) is 12.2 Å². The zero-order chi connectivity index (χ0) is 13.4. The van der Waals surface area contributed by atoms with Crippen molar-refractivity contribution < 1.29 is 9.84 Å². The Hall–Kier alpha value is -1.07. The molecule has 2 nitrogen and oxygen atoms in total. The zero-order valence-electron chi connectivity index (χ0n) is 10.1. The smallest absolute Gasteiger partial charge is 0.137 e. The Morgan fingerprint density at radius 3 is 2.79 bits per heavy atom. The summed E-state index contributed by atoms with van der Waals surface area (Å²) in [4.78, 5) is 0.936. The van der Waals surface area contributed by atoms with Crippen molar-refractivity contribution in [2.24, 2.45) is 0 Å². The summed E-state index contributed by atoms with van der Waals surface area (Å²) in [5.41, 5.74) is 0.787. The number of hydrogen-bond acceptors (Lipinski definition) is 4. The standard InChI is InChI=1S/C14H11ClO2S2/c1-17-10-6-8(2-3-9(10)15)14(16)13-7-12-11(19-13)4-5-18-12/h2-7,14,16H,1H3. The molecular formula is C14H11ClO2S2. The fraction of sp³-hybridized carbons (Fsp3) is 0.143. The molecule has 2 heterocycles. The number of halogens is 1. The summed E-state index contributed by atoms with van der Waals surface area (Å²) in [6.45, 7) is 0. The number of hydrogen-bond donors (Lipinski definition) is 1. The Morgan fingerprint density at radius 2 is 2.05 bits per heavy atom. The molecule has 0 saturated heterocycles. The molecule has 0 aliphatic heterocycles.